The summed E-state index contributed by atoms with van der Waals surface area (Å²) in [4.78, 5) is 11.7. The molecule has 1 aliphatic heterocycles. The summed E-state index contributed by atoms with van der Waals surface area (Å²) in [6.07, 6.45) is -6.12. The minimum Gasteiger partial charge on any atom is -0.335 e. The first-order valence-corrected chi connectivity index (χ1v) is 6.19. The lowest BCUT2D eigenvalue weighted by molar-refractivity contribution is -0.389. The molecule has 1 fully saturated rings. The molecule has 0 N–H and O–H groups in total. The summed E-state index contributed by atoms with van der Waals surface area (Å²) in [6, 6.07) is -0.956. The summed E-state index contributed by atoms with van der Waals surface area (Å²) in [7, 11) is 0. The molecule has 0 saturated carbocycles. The van der Waals surface area contributed by atoms with Gasteiger partial charge >= 0.3 is 23.9 Å². The predicted octanol–water partition coefficient (Wildman–Crippen LogP) is 3.86. The molecule has 0 aliphatic carbocycles. The van der Waals surface area contributed by atoms with Crippen molar-refractivity contribution < 1.29 is 44.3 Å². The molecule has 1 amide bonds. The van der Waals surface area contributed by atoms with Crippen LogP contribution in [0.3, 0.4) is 0 Å². The van der Waals surface area contributed by atoms with Crippen LogP contribution in [0.2, 0.25) is 0 Å². The van der Waals surface area contributed by atoms with Gasteiger partial charge in [0, 0.05) is 12.6 Å². The molecule has 2 nitrogen and oxygen atoms in total. The third kappa shape index (κ3) is 2.73. The Morgan fingerprint density at radius 3 is 1.82 bits per heavy atom. The smallest absolute Gasteiger partial charge is 0.335 e. The van der Waals surface area contributed by atoms with E-state index in [0.29, 0.717) is 6.42 Å². The summed E-state index contributed by atoms with van der Waals surface area (Å²) >= 11 is 0. The molecule has 1 rings (SSSR count). The van der Waals surface area contributed by atoms with E-state index in [0.717, 1.165) is 0 Å². The van der Waals surface area contributed by atoms with Gasteiger partial charge in [-0.05, 0) is 26.2 Å². The van der Waals surface area contributed by atoms with Crippen LogP contribution in [0, 0.1) is 0 Å². The minimum absolute atomic E-state index is 0.156. The fourth-order valence-corrected chi connectivity index (χ4v) is 2.09. The Balaban J connectivity index is 3.18. The van der Waals surface area contributed by atoms with Crippen molar-refractivity contribution in [2.75, 3.05) is 6.54 Å². The van der Waals surface area contributed by atoms with Crippen LogP contribution in [0.5, 0.6) is 0 Å². The topological polar surface area (TPSA) is 20.3 Å². The van der Waals surface area contributed by atoms with Crippen LogP contribution >= 0.6 is 0 Å². The SMILES string of the molecule is CC1CCCCN1C(=O)C(F)(F)C(F)(F)C(F)(F)C(F)(F)F. The van der Waals surface area contributed by atoms with Crippen molar-refractivity contribution in [2.24, 2.45) is 0 Å². The Morgan fingerprint density at radius 2 is 1.41 bits per heavy atom. The highest BCUT2D eigenvalue weighted by Gasteiger charge is 2.84. The number of rotatable bonds is 3. The van der Waals surface area contributed by atoms with E-state index < -0.39 is 42.4 Å². The number of alkyl halides is 9. The van der Waals surface area contributed by atoms with Gasteiger partial charge in [-0.25, -0.2) is 0 Å². The van der Waals surface area contributed by atoms with Crippen molar-refractivity contribution in [3.05, 3.63) is 0 Å². The lowest BCUT2D eigenvalue weighted by Crippen LogP contribution is -2.66. The van der Waals surface area contributed by atoms with E-state index in [4.69, 9.17) is 0 Å². The molecule has 1 atom stereocenters. The Bertz CT molecular complexity index is 432. The number of carbonyl (C=O) groups is 1. The molecule has 0 aromatic rings. The van der Waals surface area contributed by atoms with Gasteiger partial charge in [0.15, 0.2) is 0 Å². The number of hydrogen-bond acceptors (Lipinski definition) is 1. The molecular formula is C11H12F9NO. The minimum atomic E-state index is -7.04. The molecule has 0 aromatic heterocycles. The first kappa shape index (κ1) is 18.9. The van der Waals surface area contributed by atoms with Crippen molar-refractivity contribution in [1.29, 1.82) is 0 Å². The fraction of sp³-hybridized carbons (Fsp3) is 0.909. The molecule has 130 valence electrons. The quantitative estimate of drug-likeness (QED) is 0.712. The van der Waals surface area contributed by atoms with E-state index in [9.17, 15) is 44.3 Å². The Hall–Kier alpha value is -1.16. The third-order valence-electron chi connectivity index (χ3n) is 3.48. The molecule has 11 heteroatoms. The average Bonchev–Trinajstić information content (AvgIpc) is 2.36. The largest absolute Gasteiger partial charge is 0.460 e. The van der Waals surface area contributed by atoms with Gasteiger partial charge in [-0.3, -0.25) is 4.79 Å². The number of nitrogens with zero attached hydrogens (tertiary/aromatic N) is 1. The maximum absolute atomic E-state index is 13.5. The second kappa shape index (κ2) is 5.48. The first-order chi connectivity index (χ1) is 9.68. The van der Waals surface area contributed by atoms with Gasteiger partial charge in [-0.15, -0.1) is 0 Å². The number of carbonyl (C=O) groups excluding carboxylic acids is 1. The summed E-state index contributed by atoms with van der Waals surface area (Å²) in [5, 5.41) is 0. The van der Waals surface area contributed by atoms with Gasteiger partial charge in [0.25, 0.3) is 5.91 Å². The number of hydrogen-bond donors (Lipinski definition) is 0. The highest BCUT2D eigenvalue weighted by molar-refractivity contribution is 5.85. The molecule has 1 heterocycles. The molecule has 1 unspecified atom stereocenters. The van der Waals surface area contributed by atoms with Gasteiger partial charge < -0.3 is 4.90 Å². The van der Waals surface area contributed by atoms with E-state index in [2.05, 4.69) is 0 Å². The molecule has 1 aliphatic rings. The Kier molecular flexibility index (Phi) is 4.71. The number of likely N-dealkylation sites (tertiary alicyclic amines) is 1. The summed E-state index contributed by atoms with van der Waals surface area (Å²) < 4.78 is 114. The molecule has 0 radical (unpaired) electrons. The number of amides is 1. The van der Waals surface area contributed by atoms with Crippen molar-refractivity contribution >= 4 is 5.91 Å². The van der Waals surface area contributed by atoms with Crippen molar-refractivity contribution in [3.8, 4) is 0 Å². The fourth-order valence-electron chi connectivity index (χ4n) is 2.09. The van der Waals surface area contributed by atoms with E-state index in [1.165, 1.54) is 6.92 Å². The van der Waals surface area contributed by atoms with Gasteiger partial charge in [0.1, 0.15) is 0 Å². The van der Waals surface area contributed by atoms with E-state index in [-0.39, 0.29) is 17.7 Å². The van der Waals surface area contributed by atoms with E-state index in [1.54, 1.807) is 0 Å². The van der Waals surface area contributed by atoms with Crippen LogP contribution in [0.4, 0.5) is 39.5 Å². The molecule has 0 aromatic carbocycles. The lowest BCUT2D eigenvalue weighted by atomic mass is 9.98. The van der Waals surface area contributed by atoms with Crippen LogP contribution in [-0.4, -0.2) is 47.3 Å². The number of piperidine rings is 1. The van der Waals surface area contributed by atoms with Gasteiger partial charge in [0.05, 0.1) is 0 Å². The zero-order valence-corrected chi connectivity index (χ0v) is 11.2. The molecule has 22 heavy (non-hydrogen) atoms. The molecule has 1 saturated heterocycles. The highest BCUT2D eigenvalue weighted by atomic mass is 19.4. The van der Waals surface area contributed by atoms with Crippen molar-refractivity contribution in [2.45, 2.75) is 56.2 Å². The summed E-state index contributed by atoms with van der Waals surface area (Å²) in [5.41, 5.74) is 0. The highest BCUT2D eigenvalue weighted by Crippen LogP contribution is 2.53. The van der Waals surface area contributed by atoms with E-state index in [1.807, 2.05) is 0 Å². The second-order valence-corrected chi connectivity index (χ2v) is 5.06. The van der Waals surface area contributed by atoms with Gasteiger partial charge in [0.2, 0.25) is 0 Å². The zero-order chi connectivity index (χ0) is 17.6. The van der Waals surface area contributed by atoms with Crippen LogP contribution in [0.1, 0.15) is 26.2 Å². The Morgan fingerprint density at radius 1 is 0.909 bits per heavy atom. The monoisotopic (exact) mass is 345 g/mol. The number of halogens is 9. The van der Waals surface area contributed by atoms with Crippen LogP contribution < -0.4 is 0 Å². The summed E-state index contributed by atoms with van der Waals surface area (Å²) in [6.45, 7) is 0.802. The second-order valence-electron chi connectivity index (χ2n) is 5.06. The summed E-state index contributed by atoms with van der Waals surface area (Å²) in [5.74, 6) is -22.9. The average molecular weight is 345 g/mol. The van der Waals surface area contributed by atoms with Crippen LogP contribution in [-0.2, 0) is 4.79 Å². The van der Waals surface area contributed by atoms with Gasteiger partial charge in [-0.2, -0.15) is 39.5 Å². The van der Waals surface area contributed by atoms with E-state index >= 15 is 0 Å². The normalized spacial score (nSPS) is 21.9. The maximum Gasteiger partial charge on any atom is 0.460 e. The van der Waals surface area contributed by atoms with Gasteiger partial charge in [-0.1, -0.05) is 0 Å². The maximum atomic E-state index is 13.5. The first-order valence-electron chi connectivity index (χ1n) is 6.19. The zero-order valence-electron chi connectivity index (χ0n) is 11.2. The molecule has 0 spiro atoms. The standard InChI is InChI=1S/C11H12F9NO/c1-6-4-2-3-5-21(6)7(22)8(12,13)9(14,15)10(16,17)11(18,19)20/h6H,2-5H2,1H3. The molecule has 0 bridgehead atoms. The predicted molar refractivity (Wildman–Crippen MR) is 55.9 cm³/mol. The third-order valence-corrected chi connectivity index (χ3v) is 3.48. The van der Waals surface area contributed by atoms with Crippen LogP contribution in [0.15, 0.2) is 0 Å². The Labute approximate surface area is 119 Å². The lowest BCUT2D eigenvalue weighted by Gasteiger charge is -2.39. The van der Waals surface area contributed by atoms with Crippen LogP contribution in [0.25, 0.3) is 0 Å². The van der Waals surface area contributed by atoms with Crippen molar-refractivity contribution in [1.82, 2.24) is 4.90 Å². The van der Waals surface area contributed by atoms with Crippen molar-refractivity contribution in [3.63, 3.8) is 0 Å². The molecular weight excluding hydrogens is 333 g/mol.